The molecular weight excluding hydrogens is 269 g/mol. The lowest BCUT2D eigenvalue weighted by Gasteiger charge is -2.11. The van der Waals surface area contributed by atoms with Crippen molar-refractivity contribution in [3.63, 3.8) is 0 Å². The van der Waals surface area contributed by atoms with Crippen LogP contribution in [0.5, 0.6) is 5.75 Å². The van der Waals surface area contributed by atoms with Gasteiger partial charge in [0.25, 0.3) is 0 Å². The lowest BCUT2D eigenvalue weighted by atomic mass is 10.1. The SMILES string of the molecule is CC(C)S(=O)(=O)Cc1ccc(C(F)(F)F)c(O)c1. The molecule has 0 unspecified atom stereocenters. The van der Waals surface area contributed by atoms with Crippen molar-refractivity contribution in [3.8, 4) is 5.75 Å². The number of rotatable bonds is 3. The van der Waals surface area contributed by atoms with Crippen molar-refractivity contribution in [1.82, 2.24) is 0 Å². The Hall–Kier alpha value is -1.24. The van der Waals surface area contributed by atoms with Gasteiger partial charge in [0.15, 0.2) is 9.84 Å². The molecule has 0 heterocycles. The van der Waals surface area contributed by atoms with Gasteiger partial charge < -0.3 is 5.11 Å². The molecule has 0 bridgehead atoms. The van der Waals surface area contributed by atoms with Crippen molar-refractivity contribution >= 4 is 9.84 Å². The molecule has 0 fully saturated rings. The van der Waals surface area contributed by atoms with Gasteiger partial charge in [-0.25, -0.2) is 8.42 Å². The van der Waals surface area contributed by atoms with Crippen LogP contribution in [0.25, 0.3) is 0 Å². The predicted molar refractivity (Wildman–Crippen MR) is 60.9 cm³/mol. The van der Waals surface area contributed by atoms with Crippen molar-refractivity contribution < 1.29 is 26.7 Å². The fraction of sp³-hybridized carbons (Fsp3) is 0.455. The summed E-state index contributed by atoms with van der Waals surface area (Å²) >= 11 is 0. The molecule has 1 aromatic carbocycles. The van der Waals surface area contributed by atoms with Crippen LogP contribution >= 0.6 is 0 Å². The monoisotopic (exact) mass is 282 g/mol. The van der Waals surface area contributed by atoms with Gasteiger partial charge in [0.1, 0.15) is 5.75 Å². The van der Waals surface area contributed by atoms with E-state index in [0.29, 0.717) is 6.07 Å². The van der Waals surface area contributed by atoms with E-state index >= 15 is 0 Å². The van der Waals surface area contributed by atoms with Crippen LogP contribution in [0.3, 0.4) is 0 Å². The molecule has 0 aliphatic carbocycles. The summed E-state index contributed by atoms with van der Waals surface area (Å²) in [4.78, 5) is 0. The van der Waals surface area contributed by atoms with E-state index in [0.717, 1.165) is 12.1 Å². The van der Waals surface area contributed by atoms with Gasteiger partial charge in [-0.1, -0.05) is 6.07 Å². The molecule has 0 spiro atoms. The number of phenols is 1. The lowest BCUT2D eigenvalue weighted by molar-refractivity contribution is -0.138. The molecule has 102 valence electrons. The maximum absolute atomic E-state index is 12.4. The van der Waals surface area contributed by atoms with Gasteiger partial charge in [0.05, 0.1) is 16.6 Å². The first-order valence-electron chi connectivity index (χ1n) is 5.14. The Kier molecular flexibility index (Phi) is 3.95. The molecule has 0 aromatic heterocycles. The van der Waals surface area contributed by atoms with E-state index in [2.05, 4.69) is 0 Å². The van der Waals surface area contributed by atoms with Gasteiger partial charge >= 0.3 is 6.18 Å². The van der Waals surface area contributed by atoms with Crippen LogP contribution in [0.4, 0.5) is 13.2 Å². The number of hydrogen-bond donors (Lipinski definition) is 1. The zero-order valence-electron chi connectivity index (χ0n) is 9.82. The summed E-state index contributed by atoms with van der Waals surface area (Å²) in [5.41, 5.74) is -1.04. The van der Waals surface area contributed by atoms with Crippen LogP contribution in [-0.2, 0) is 21.8 Å². The third-order valence-electron chi connectivity index (χ3n) is 2.45. The third-order valence-corrected chi connectivity index (χ3v) is 4.63. The molecule has 7 heteroatoms. The predicted octanol–water partition coefficient (Wildman–Crippen LogP) is 2.73. The van der Waals surface area contributed by atoms with Crippen molar-refractivity contribution in [2.75, 3.05) is 0 Å². The topological polar surface area (TPSA) is 54.4 Å². The average Bonchev–Trinajstić information content (AvgIpc) is 2.14. The van der Waals surface area contributed by atoms with Crippen LogP contribution in [0, 0.1) is 0 Å². The molecule has 0 saturated heterocycles. The molecular formula is C11H13F3O3S. The Labute approximate surface area is 103 Å². The lowest BCUT2D eigenvalue weighted by Crippen LogP contribution is -2.16. The highest BCUT2D eigenvalue weighted by Gasteiger charge is 2.33. The number of halogens is 3. The summed E-state index contributed by atoms with van der Waals surface area (Å²) in [6, 6.07) is 2.58. The van der Waals surface area contributed by atoms with Gasteiger partial charge in [-0.2, -0.15) is 13.2 Å². The van der Waals surface area contributed by atoms with Gasteiger partial charge in [-0.15, -0.1) is 0 Å². The smallest absolute Gasteiger partial charge is 0.419 e. The fourth-order valence-electron chi connectivity index (χ4n) is 1.31. The van der Waals surface area contributed by atoms with Crippen LogP contribution in [0.2, 0.25) is 0 Å². The average molecular weight is 282 g/mol. The molecule has 0 saturated carbocycles. The molecule has 18 heavy (non-hydrogen) atoms. The molecule has 1 N–H and O–H groups in total. The van der Waals surface area contributed by atoms with Crippen molar-refractivity contribution in [2.24, 2.45) is 0 Å². The molecule has 1 rings (SSSR count). The first-order valence-corrected chi connectivity index (χ1v) is 6.86. The zero-order chi connectivity index (χ0) is 14.1. The highest BCUT2D eigenvalue weighted by Crippen LogP contribution is 2.36. The van der Waals surface area contributed by atoms with Crippen LogP contribution < -0.4 is 0 Å². The minimum absolute atomic E-state index is 0.134. The second-order valence-electron chi connectivity index (χ2n) is 4.21. The summed E-state index contributed by atoms with van der Waals surface area (Å²) in [5, 5.41) is 8.62. The number of alkyl halides is 3. The second-order valence-corrected chi connectivity index (χ2v) is 6.76. The molecule has 0 radical (unpaired) electrons. The quantitative estimate of drug-likeness (QED) is 0.927. The number of hydrogen-bond acceptors (Lipinski definition) is 3. The van der Waals surface area contributed by atoms with Crippen LogP contribution in [0.1, 0.15) is 25.0 Å². The fourth-order valence-corrected chi connectivity index (χ4v) is 2.28. The highest BCUT2D eigenvalue weighted by molar-refractivity contribution is 7.91. The molecule has 3 nitrogen and oxygen atoms in total. The van der Waals surface area contributed by atoms with E-state index in [1.165, 1.54) is 13.8 Å². The van der Waals surface area contributed by atoms with E-state index in [4.69, 9.17) is 0 Å². The second kappa shape index (κ2) is 4.79. The maximum atomic E-state index is 12.4. The Morgan fingerprint density at radius 2 is 1.83 bits per heavy atom. The number of phenolic OH excluding ortho intramolecular Hbond substituents is 1. The Morgan fingerprint density at radius 3 is 2.22 bits per heavy atom. The maximum Gasteiger partial charge on any atom is 0.419 e. The summed E-state index contributed by atoms with van der Waals surface area (Å²) in [5.74, 6) is -1.35. The van der Waals surface area contributed by atoms with E-state index in [1.807, 2.05) is 0 Å². The van der Waals surface area contributed by atoms with Crippen molar-refractivity contribution in [2.45, 2.75) is 31.0 Å². The molecule has 1 aromatic rings. The molecule has 0 aliphatic heterocycles. The number of aromatic hydroxyl groups is 1. The van der Waals surface area contributed by atoms with E-state index in [-0.39, 0.29) is 5.56 Å². The molecule has 0 atom stereocenters. The van der Waals surface area contributed by atoms with Gasteiger partial charge in [-0.05, 0) is 31.5 Å². The Balaban J connectivity index is 3.07. The number of sulfone groups is 1. The first-order chi connectivity index (χ1) is 8.04. The van der Waals surface area contributed by atoms with Gasteiger partial charge in [0.2, 0.25) is 0 Å². The van der Waals surface area contributed by atoms with Crippen molar-refractivity contribution in [3.05, 3.63) is 29.3 Å². The summed E-state index contributed by atoms with van der Waals surface area (Å²) in [7, 11) is -3.41. The summed E-state index contributed by atoms with van der Waals surface area (Å²) in [6.45, 7) is 2.97. The summed E-state index contributed by atoms with van der Waals surface area (Å²) in [6.07, 6.45) is -4.65. The zero-order valence-corrected chi connectivity index (χ0v) is 10.6. The van der Waals surface area contributed by atoms with Crippen LogP contribution in [-0.4, -0.2) is 18.8 Å². The molecule has 0 amide bonds. The Morgan fingerprint density at radius 1 is 1.28 bits per heavy atom. The molecule has 0 aliphatic rings. The standard InChI is InChI=1S/C11H13F3O3S/c1-7(2)18(16,17)6-8-3-4-9(10(15)5-8)11(12,13)14/h3-5,7,15H,6H2,1-2H3. The minimum Gasteiger partial charge on any atom is -0.507 e. The van der Waals surface area contributed by atoms with Gasteiger partial charge in [0, 0.05) is 0 Å². The van der Waals surface area contributed by atoms with Gasteiger partial charge in [-0.3, -0.25) is 0 Å². The van der Waals surface area contributed by atoms with Crippen LogP contribution in [0.15, 0.2) is 18.2 Å². The first kappa shape index (κ1) is 14.8. The number of benzene rings is 1. The van der Waals surface area contributed by atoms with E-state index in [1.54, 1.807) is 0 Å². The highest BCUT2D eigenvalue weighted by atomic mass is 32.2. The third kappa shape index (κ3) is 3.38. The Bertz CT molecular complexity index is 533. The summed E-state index contributed by atoms with van der Waals surface area (Å²) < 4.78 is 60.3. The van der Waals surface area contributed by atoms with E-state index in [9.17, 15) is 26.7 Å². The van der Waals surface area contributed by atoms with Crippen molar-refractivity contribution in [1.29, 1.82) is 0 Å². The van der Waals surface area contributed by atoms with E-state index < -0.39 is 38.3 Å². The normalized spacial score (nSPS) is 13.0. The largest absolute Gasteiger partial charge is 0.507 e. The minimum atomic E-state index is -4.65.